The van der Waals surface area contributed by atoms with Gasteiger partial charge < -0.3 is 5.32 Å². The van der Waals surface area contributed by atoms with Crippen LogP contribution in [0.3, 0.4) is 0 Å². The Balaban J connectivity index is 2.12. The van der Waals surface area contributed by atoms with Crippen LogP contribution in [0.2, 0.25) is 0 Å². The molecule has 0 aliphatic heterocycles. The van der Waals surface area contributed by atoms with Crippen LogP contribution in [-0.4, -0.2) is 11.5 Å². The van der Waals surface area contributed by atoms with Crippen molar-refractivity contribution in [3.8, 4) is 0 Å². The van der Waals surface area contributed by atoms with E-state index in [1.54, 1.807) is 0 Å². The number of rotatable bonds is 7. The number of aromatic nitrogens is 1. The average Bonchev–Trinajstić information content (AvgIpc) is 2.25. The van der Waals surface area contributed by atoms with Crippen LogP contribution in [0.15, 0.2) is 18.3 Å². The van der Waals surface area contributed by atoms with Crippen molar-refractivity contribution in [1.82, 2.24) is 10.3 Å². The van der Waals surface area contributed by atoms with E-state index in [1.807, 2.05) is 12.3 Å². The second-order valence-corrected chi connectivity index (χ2v) is 4.00. The minimum Gasteiger partial charge on any atom is -0.311 e. The van der Waals surface area contributed by atoms with Crippen LogP contribution < -0.4 is 5.32 Å². The highest BCUT2D eigenvalue weighted by Gasteiger charge is 1.97. The van der Waals surface area contributed by atoms with Crippen molar-refractivity contribution in [2.45, 2.75) is 46.1 Å². The number of pyridine rings is 1. The number of hydrogen-bond donors (Lipinski definition) is 1. The van der Waals surface area contributed by atoms with Crippen LogP contribution in [0, 0.1) is 6.92 Å². The maximum Gasteiger partial charge on any atom is 0.0570 e. The molecule has 1 aromatic heterocycles. The third-order valence-corrected chi connectivity index (χ3v) is 2.62. The monoisotopic (exact) mass is 206 g/mol. The van der Waals surface area contributed by atoms with Gasteiger partial charge in [0.1, 0.15) is 0 Å². The van der Waals surface area contributed by atoms with Gasteiger partial charge in [-0.05, 0) is 31.5 Å². The van der Waals surface area contributed by atoms with Crippen molar-refractivity contribution in [2.24, 2.45) is 0 Å². The van der Waals surface area contributed by atoms with Gasteiger partial charge in [0.25, 0.3) is 0 Å². The Hall–Kier alpha value is -0.890. The average molecular weight is 206 g/mol. The maximum atomic E-state index is 4.35. The molecule has 0 aliphatic rings. The van der Waals surface area contributed by atoms with Gasteiger partial charge in [0.15, 0.2) is 0 Å². The summed E-state index contributed by atoms with van der Waals surface area (Å²) < 4.78 is 0. The van der Waals surface area contributed by atoms with E-state index >= 15 is 0 Å². The lowest BCUT2D eigenvalue weighted by molar-refractivity contribution is 0.592. The molecule has 0 amide bonds. The van der Waals surface area contributed by atoms with Crippen molar-refractivity contribution in [2.75, 3.05) is 6.54 Å². The number of unbranched alkanes of at least 4 members (excludes halogenated alkanes) is 3. The van der Waals surface area contributed by atoms with E-state index in [1.165, 1.54) is 36.9 Å². The summed E-state index contributed by atoms with van der Waals surface area (Å²) in [5.41, 5.74) is 2.45. The molecule has 84 valence electrons. The Morgan fingerprint density at radius 2 is 2.13 bits per heavy atom. The molecule has 0 saturated carbocycles. The zero-order chi connectivity index (χ0) is 10.9. The molecule has 1 aromatic rings. The molecule has 15 heavy (non-hydrogen) atoms. The molecular formula is C13H22N2. The summed E-state index contributed by atoms with van der Waals surface area (Å²) in [4.78, 5) is 4.35. The number of nitrogens with zero attached hydrogens (tertiary/aromatic N) is 1. The Morgan fingerprint density at radius 3 is 2.87 bits per heavy atom. The Kier molecular flexibility index (Phi) is 6.02. The summed E-state index contributed by atoms with van der Waals surface area (Å²) in [5.74, 6) is 0. The summed E-state index contributed by atoms with van der Waals surface area (Å²) in [6, 6.07) is 4.10. The number of hydrogen-bond acceptors (Lipinski definition) is 2. The lowest BCUT2D eigenvalue weighted by atomic mass is 10.2. The van der Waals surface area contributed by atoms with Gasteiger partial charge in [-0.3, -0.25) is 4.98 Å². The first-order valence-electron chi connectivity index (χ1n) is 5.95. The van der Waals surface area contributed by atoms with Gasteiger partial charge in [0, 0.05) is 12.7 Å². The van der Waals surface area contributed by atoms with Crippen LogP contribution in [0.5, 0.6) is 0 Å². The standard InChI is InChI=1S/C13H22N2/c1-3-4-5-6-9-14-11-13-12(2)8-7-10-15-13/h7-8,10,14H,3-6,9,11H2,1-2H3. The third-order valence-electron chi connectivity index (χ3n) is 2.62. The van der Waals surface area contributed by atoms with E-state index in [0.29, 0.717) is 0 Å². The SMILES string of the molecule is CCCCCCNCc1ncccc1C. The highest BCUT2D eigenvalue weighted by atomic mass is 14.9. The molecule has 1 heterocycles. The minimum absolute atomic E-state index is 0.902. The van der Waals surface area contributed by atoms with Gasteiger partial charge in [-0.15, -0.1) is 0 Å². The third kappa shape index (κ3) is 4.93. The lowest BCUT2D eigenvalue weighted by Gasteiger charge is -2.06. The highest BCUT2D eigenvalue weighted by Crippen LogP contribution is 2.02. The fourth-order valence-corrected chi connectivity index (χ4v) is 1.59. The molecule has 0 unspecified atom stereocenters. The first-order valence-corrected chi connectivity index (χ1v) is 5.95. The summed E-state index contributed by atoms with van der Waals surface area (Å²) >= 11 is 0. The van der Waals surface area contributed by atoms with Gasteiger partial charge in [0.05, 0.1) is 5.69 Å². The largest absolute Gasteiger partial charge is 0.311 e. The molecule has 0 aliphatic carbocycles. The second-order valence-electron chi connectivity index (χ2n) is 4.00. The molecule has 0 aromatic carbocycles. The van der Waals surface area contributed by atoms with Crippen molar-refractivity contribution in [3.05, 3.63) is 29.6 Å². The molecule has 0 fully saturated rings. The number of aryl methyl sites for hydroxylation is 1. The Morgan fingerprint density at radius 1 is 1.27 bits per heavy atom. The van der Waals surface area contributed by atoms with Gasteiger partial charge in [-0.2, -0.15) is 0 Å². The van der Waals surface area contributed by atoms with Gasteiger partial charge in [-0.25, -0.2) is 0 Å². The molecule has 0 atom stereocenters. The number of nitrogens with one attached hydrogen (secondary N) is 1. The van der Waals surface area contributed by atoms with E-state index in [9.17, 15) is 0 Å². The molecule has 2 heteroatoms. The molecule has 0 saturated heterocycles. The second kappa shape index (κ2) is 7.41. The summed E-state index contributed by atoms with van der Waals surface area (Å²) in [6.45, 7) is 6.36. The lowest BCUT2D eigenvalue weighted by Crippen LogP contribution is -2.16. The fraction of sp³-hybridized carbons (Fsp3) is 0.615. The van der Waals surface area contributed by atoms with E-state index in [0.717, 1.165) is 13.1 Å². The highest BCUT2D eigenvalue weighted by molar-refractivity contribution is 5.17. The predicted molar refractivity (Wildman–Crippen MR) is 64.8 cm³/mol. The van der Waals surface area contributed by atoms with E-state index in [2.05, 4.69) is 30.2 Å². The fourth-order valence-electron chi connectivity index (χ4n) is 1.59. The predicted octanol–water partition coefficient (Wildman–Crippen LogP) is 3.06. The summed E-state index contributed by atoms with van der Waals surface area (Å²) in [6.07, 6.45) is 7.13. The van der Waals surface area contributed by atoms with Crippen LogP contribution in [0.4, 0.5) is 0 Å². The summed E-state index contributed by atoms with van der Waals surface area (Å²) in [5, 5.41) is 3.44. The molecule has 0 bridgehead atoms. The van der Waals surface area contributed by atoms with Crippen LogP contribution in [-0.2, 0) is 6.54 Å². The van der Waals surface area contributed by atoms with Crippen molar-refractivity contribution in [3.63, 3.8) is 0 Å². The molecule has 2 nitrogen and oxygen atoms in total. The minimum atomic E-state index is 0.902. The Labute approximate surface area is 93.1 Å². The van der Waals surface area contributed by atoms with Crippen molar-refractivity contribution >= 4 is 0 Å². The van der Waals surface area contributed by atoms with E-state index < -0.39 is 0 Å². The zero-order valence-corrected chi connectivity index (χ0v) is 9.92. The first-order chi connectivity index (χ1) is 7.34. The topological polar surface area (TPSA) is 24.9 Å². The molecular weight excluding hydrogens is 184 g/mol. The first kappa shape index (κ1) is 12.2. The van der Waals surface area contributed by atoms with Gasteiger partial charge in [-0.1, -0.05) is 32.3 Å². The summed E-state index contributed by atoms with van der Waals surface area (Å²) in [7, 11) is 0. The van der Waals surface area contributed by atoms with Crippen LogP contribution >= 0.6 is 0 Å². The zero-order valence-electron chi connectivity index (χ0n) is 9.92. The van der Waals surface area contributed by atoms with Crippen LogP contribution in [0.25, 0.3) is 0 Å². The molecule has 1 rings (SSSR count). The molecule has 0 radical (unpaired) electrons. The van der Waals surface area contributed by atoms with Crippen LogP contribution in [0.1, 0.15) is 43.9 Å². The Bertz CT molecular complexity index is 271. The van der Waals surface area contributed by atoms with Gasteiger partial charge in [0.2, 0.25) is 0 Å². The van der Waals surface area contributed by atoms with E-state index in [4.69, 9.17) is 0 Å². The molecule has 0 spiro atoms. The van der Waals surface area contributed by atoms with Gasteiger partial charge >= 0.3 is 0 Å². The quantitative estimate of drug-likeness (QED) is 0.694. The molecule has 1 N–H and O–H groups in total. The normalized spacial score (nSPS) is 10.5. The maximum absolute atomic E-state index is 4.35. The van der Waals surface area contributed by atoms with E-state index in [-0.39, 0.29) is 0 Å². The van der Waals surface area contributed by atoms with Crippen molar-refractivity contribution < 1.29 is 0 Å². The smallest absolute Gasteiger partial charge is 0.0570 e. The van der Waals surface area contributed by atoms with Crippen molar-refractivity contribution in [1.29, 1.82) is 0 Å².